The number of carbonyl (C=O) groups is 2. The molecule has 3 N–H and O–H groups in total. The Bertz CT molecular complexity index is 902. The Kier molecular flexibility index (Phi) is 4.60. The van der Waals surface area contributed by atoms with Gasteiger partial charge in [-0.05, 0) is 24.3 Å². The first kappa shape index (κ1) is 16.4. The molecule has 3 rings (SSSR count). The number of nitrogens with zero attached hydrogens (tertiary/aromatic N) is 3. The maximum Gasteiger partial charge on any atom is 0.256 e. The van der Waals surface area contributed by atoms with Gasteiger partial charge in [-0.15, -0.1) is 0 Å². The van der Waals surface area contributed by atoms with Gasteiger partial charge in [0, 0.05) is 25.4 Å². The maximum absolute atomic E-state index is 14.2. The Morgan fingerprint density at radius 2 is 1.88 bits per heavy atom. The summed E-state index contributed by atoms with van der Waals surface area (Å²) in [5.41, 5.74) is 5.55. The number of hydrogen-bond acceptors (Lipinski definition) is 3. The van der Waals surface area contributed by atoms with Crippen LogP contribution >= 0.6 is 0 Å². The van der Waals surface area contributed by atoms with Gasteiger partial charge >= 0.3 is 0 Å². The molecule has 0 aliphatic rings. The Hall–Kier alpha value is -3.42. The number of hydrogen-bond donors (Lipinski definition) is 2. The molecule has 2 aromatic heterocycles. The molecule has 128 valence electrons. The van der Waals surface area contributed by atoms with Crippen molar-refractivity contribution in [1.82, 2.24) is 19.7 Å². The molecule has 0 saturated heterocycles. The van der Waals surface area contributed by atoms with Crippen LogP contribution in [0.15, 0.2) is 55.0 Å². The summed E-state index contributed by atoms with van der Waals surface area (Å²) < 4.78 is 17.2. The van der Waals surface area contributed by atoms with Gasteiger partial charge in [-0.25, -0.2) is 9.07 Å². The van der Waals surface area contributed by atoms with Crippen molar-refractivity contribution in [1.29, 1.82) is 0 Å². The van der Waals surface area contributed by atoms with Crippen LogP contribution in [0.3, 0.4) is 0 Å². The van der Waals surface area contributed by atoms with E-state index in [4.69, 9.17) is 5.73 Å². The lowest BCUT2D eigenvalue weighted by Gasteiger charge is -2.11. The largest absolute Gasteiger partial charge is 0.370 e. The number of primary amides is 1. The third kappa shape index (κ3) is 3.42. The number of aromatic nitrogens is 3. The molecule has 7 nitrogen and oxygen atoms in total. The van der Waals surface area contributed by atoms with Crippen molar-refractivity contribution in [3.63, 3.8) is 0 Å². The molecule has 8 heteroatoms. The molecule has 25 heavy (non-hydrogen) atoms. The number of amides is 2. The summed E-state index contributed by atoms with van der Waals surface area (Å²) in [6.07, 6.45) is 4.86. The summed E-state index contributed by atoms with van der Waals surface area (Å²) in [4.78, 5) is 23.3. The van der Waals surface area contributed by atoms with Crippen LogP contribution in [0, 0.1) is 5.82 Å². The normalized spacial score (nSPS) is 10.6. The smallest absolute Gasteiger partial charge is 0.256 e. The van der Waals surface area contributed by atoms with Crippen molar-refractivity contribution in [2.75, 3.05) is 6.54 Å². The van der Waals surface area contributed by atoms with Crippen molar-refractivity contribution in [3.8, 4) is 11.5 Å². The topological polar surface area (TPSA) is 94.9 Å². The molecule has 0 atom stereocenters. The quantitative estimate of drug-likeness (QED) is 0.709. The molecule has 0 saturated carbocycles. The summed E-state index contributed by atoms with van der Waals surface area (Å²) in [5, 5.41) is 6.78. The Morgan fingerprint density at radius 1 is 1.16 bits per heavy atom. The number of benzene rings is 1. The van der Waals surface area contributed by atoms with Gasteiger partial charge in [-0.2, -0.15) is 5.10 Å². The lowest BCUT2D eigenvalue weighted by atomic mass is 10.2. The monoisotopic (exact) mass is 341 g/mol. The molecule has 0 aliphatic carbocycles. The van der Waals surface area contributed by atoms with Gasteiger partial charge in [0.1, 0.15) is 17.1 Å². The fourth-order valence-corrected chi connectivity index (χ4v) is 2.42. The average Bonchev–Trinajstić information content (AvgIpc) is 3.24. The highest BCUT2D eigenvalue weighted by Gasteiger charge is 2.21. The van der Waals surface area contributed by atoms with Crippen molar-refractivity contribution in [2.45, 2.75) is 6.42 Å². The Labute approximate surface area is 142 Å². The number of halogens is 1. The van der Waals surface area contributed by atoms with E-state index >= 15 is 0 Å². The molecule has 3 aromatic rings. The van der Waals surface area contributed by atoms with E-state index in [1.54, 1.807) is 47.3 Å². The Balaban J connectivity index is 2.01. The Morgan fingerprint density at radius 3 is 2.56 bits per heavy atom. The molecule has 0 spiro atoms. The van der Waals surface area contributed by atoms with Crippen LogP contribution in [-0.2, 0) is 4.79 Å². The summed E-state index contributed by atoms with van der Waals surface area (Å²) in [6.45, 7) is 0.115. The van der Waals surface area contributed by atoms with E-state index in [1.807, 2.05) is 0 Å². The van der Waals surface area contributed by atoms with E-state index in [9.17, 15) is 14.0 Å². The first-order valence-corrected chi connectivity index (χ1v) is 7.60. The second kappa shape index (κ2) is 7.00. The second-order valence-corrected chi connectivity index (χ2v) is 5.31. The van der Waals surface area contributed by atoms with Crippen LogP contribution < -0.4 is 11.1 Å². The van der Waals surface area contributed by atoms with Crippen molar-refractivity contribution < 1.29 is 14.0 Å². The van der Waals surface area contributed by atoms with Crippen LogP contribution in [0.1, 0.15) is 16.8 Å². The second-order valence-electron chi connectivity index (χ2n) is 5.31. The molecule has 2 amide bonds. The number of nitrogens with two attached hydrogens (primary N) is 1. The molecule has 1 aromatic carbocycles. The van der Waals surface area contributed by atoms with Crippen LogP contribution in [0.5, 0.6) is 0 Å². The van der Waals surface area contributed by atoms with Gasteiger partial charge in [0.05, 0.1) is 6.20 Å². The molecule has 0 radical (unpaired) electrons. The maximum atomic E-state index is 14.2. The number of nitrogens with one attached hydrogen (secondary N) is 1. The molecule has 0 unspecified atom stereocenters. The summed E-state index contributed by atoms with van der Waals surface area (Å²) >= 11 is 0. The minimum absolute atomic E-state index is 0.0338. The third-order valence-corrected chi connectivity index (χ3v) is 3.58. The highest BCUT2D eigenvalue weighted by Crippen LogP contribution is 2.21. The number of carbonyl (C=O) groups excluding carboxylic acids is 2. The molecular weight excluding hydrogens is 325 g/mol. The van der Waals surface area contributed by atoms with Crippen LogP contribution in [0.4, 0.5) is 4.39 Å². The summed E-state index contributed by atoms with van der Waals surface area (Å²) in [6, 6.07) is 9.73. The van der Waals surface area contributed by atoms with Crippen molar-refractivity contribution >= 4 is 11.8 Å². The highest BCUT2D eigenvalue weighted by molar-refractivity contribution is 5.97. The van der Waals surface area contributed by atoms with Gasteiger partial charge in [0.15, 0.2) is 5.82 Å². The number of para-hydroxylation sites is 1. The zero-order valence-electron chi connectivity index (χ0n) is 13.2. The summed E-state index contributed by atoms with van der Waals surface area (Å²) in [7, 11) is 0. The first-order valence-electron chi connectivity index (χ1n) is 7.60. The van der Waals surface area contributed by atoms with Gasteiger partial charge in [-0.3, -0.25) is 9.59 Å². The summed E-state index contributed by atoms with van der Waals surface area (Å²) in [5.74, 6) is -0.994. The van der Waals surface area contributed by atoms with Gasteiger partial charge < -0.3 is 15.6 Å². The minimum Gasteiger partial charge on any atom is -0.370 e. The van der Waals surface area contributed by atoms with Crippen molar-refractivity contribution in [3.05, 3.63) is 66.4 Å². The van der Waals surface area contributed by atoms with Gasteiger partial charge in [0.2, 0.25) is 5.91 Å². The molecular formula is C17H16FN5O2. The highest BCUT2D eigenvalue weighted by atomic mass is 19.1. The predicted molar refractivity (Wildman–Crippen MR) is 89.0 cm³/mol. The van der Waals surface area contributed by atoms with E-state index < -0.39 is 17.6 Å². The van der Waals surface area contributed by atoms with Crippen LogP contribution in [0.25, 0.3) is 11.5 Å². The van der Waals surface area contributed by atoms with E-state index in [0.29, 0.717) is 5.82 Å². The minimum atomic E-state index is -0.506. The molecule has 0 aliphatic heterocycles. The lowest BCUT2D eigenvalue weighted by molar-refractivity contribution is -0.117. The average molecular weight is 341 g/mol. The van der Waals surface area contributed by atoms with Crippen LogP contribution in [0.2, 0.25) is 0 Å². The van der Waals surface area contributed by atoms with E-state index in [0.717, 1.165) is 0 Å². The predicted octanol–water partition coefficient (Wildman–Crippen LogP) is 1.41. The van der Waals surface area contributed by atoms with E-state index in [-0.39, 0.29) is 24.2 Å². The van der Waals surface area contributed by atoms with Crippen LogP contribution in [-0.4, -0.2) is 32.7 Å². The number of rotatable bonds is 6. The lowest BCUT2D eigenvalue weighted by Crippen LogP contribution is -2.28. The molecule has 0 fully saturated rings. The van der Waals surface area contributed by atoms with Gasteiger partial charge in [0.25, 0.3) is 5.91 Å². The SMILES string of the molecule is NC(=O)CCNC(=O)c1cnn(-c2ccccc2F)c1-n1cccc1. The fraction of sp³-hybridized carbons (Fsp3) is 0.118. The third-order valence-electron chi connectivity index (χ3n) is 3.58. The first-order chi connectivity index (χ1) is 12.1. The zero-order valence-corrected chi connectivity index (χ0v) is 13.2. The zero-order chi connectivity index (χ0) is 17.8. The standard InChI is InChI=1S/C17H16FN5O2/c18-13-5-1-2-6-14(13)23-17(22-9-3-4-10-22)12(11-21-23)16(25)20-8-7-15(19)24/h1-6,9-11H,7-8H2,(H2,19,24)(H,20,25). The molecule has 0 bridgehead atoms. The van der Waals surface area contributed by atoms with E-state index in [2.05, 4.69) is 10.4 Å². The van der Waals surface area contributed by atoms with Gasteiger partial charge in [-0.1, -0.05) is 12.1 Å². The van der Waals surface area contributed by atoms with Crippen molar-refractivity contribution in [2.24, 2.45) is 5.73 Å². The fourth-order valence-electron chi connectivity index (χ4n) is 2.42. The molecule has 2 heterocycles. The van der Waals surface area contributed by atoms with E-state index in [1.165, 1.54) is 16.9 Å².